The number of hydrogen-bond acceptors (Lipinski definition) is 3. The van der Waals surface area contributed by atoms with Crippen molar-refractivity contribution in [2.24, 2.45) is 5.41 Å². The Morgan fingerprint density at radius 2 is 2.20 bits per heavy atom. The predicted octanol–water partition coefficient (Wildman–Crippen LogP) is 3.57. The second kappa shape index (κ2) is 6.12. The molecule has 2 heterocycles. The molecule has 0 bridgehead atoms. The summed E-state index contributed by atoms with van der Waals surface area (Å²) < 4.78 is 6.88. The molecule has 1 aromatic rings. The number of ether oxygens (including phenoxy) is 1. The van der Waals surface area contributed by atoms with Crippen molar-refractivity contribution in [3.63, 3.8) is 0 Å². The Morgan fingerprint density at radius 3 is 2.70 bits per heavy atom. The summed E-state index contributed by atoms with van der Waals surface area (Å²) in [6.07, 6.45) is 4.20. The van der Waals surface area contributed by atoms with E-state index in [4.69, 9.17) is 4.74 Å². The van der Waals surface area contributed by atoms with E-state index < -0.39 is 0 Å². The highest BCUT2D eigenvalue weighted by atomic mass is 79.9. The summed E-state index contributed by atoms with van der Waals surface area (Å²) >= 11 is 3.44. The van der Waals surface area contributed by atoms with E-state index in [1.165, 1.54) is 0 Å². The quantitative estimate of drug-likeness (QED) is 0.909. The van der Waals surface area contributed by atoms with Gasteiger partial charge in [-0.05, 0) is 68.6 Å². The molecule has 1 aliphatic heterocycles. The van der Waals surface area contributed by atoms with Crippen LogP contribution in [0, 0.1) is 5.41 Å². The van der Waals surface area contributed by atoms with Crippen LogP contribution in [0.5, 0.6) is 0 Å². The van der Waals surface area contributed by atoms with Gasteiger partial charge in [0.2, 0.25) is 0 Å². The van der Waals surface area contributed by atoms with Gasteiger partial charge in [0.05, 0.1) is 6.10 Å². The molecule has 3 nitrogen and oxygen atoms in total. The fraction of sp³-hybridized carbons (Fsp3) is 0.688. The lowest BCUT2D eigenvalue weighted by atomic mass is 9.77. The SMILES string of the molecule is CC1OCCC1(CNC(C)(C)C)Cc1ccc(Br)cn1. The van der Waals surface area contributed by atoms with Crippen LogP contribution in [0.2, 0.25) is 0 Å². The van der Waals surface area contributed by atoms with Crippen molar-refractivity contribution in [2.75, 3.05) is 13.2 Å². The normalized spacial score (nSPS) is 26.9. The molecule has 1 saturated heterocycles. The van der Waals surface area contributed by atoms with E-state index in [2.05, 4.69) is 66.1 Å². The van der Waals surface area contributed by atoms with Crippen molar-refractivity contribution >= 4 is 15.9 Å². The van der Waals surface area contributed by atoms with Gasteiger partial charge in [-0.3, -0.25) is 4.98 Å². The second-order valence-electron chi connectivity index (χ2n) is 6.87. The number of rotatable bonds is 4. The maximum Gasteiger partial charge on any atom is 0.0619 e. The van der Waals surface area contributed by atoms with Crippen molar-refractivity contribution < 1.29 is 4.74 Å². The molecule has 2 rings (SSSR count). The third-order valence-electron chi connectivity index (χ3n) is 4.12. The monoisotopic (exact) mass is 340 g/mol. The average molecular weight is 341 g/mol. The summed E-state index contributed by atoms with van der Waals surface area (Å²) in [4.78, 5) is 4.54. The van der Waals surface area contributed by atoms with Crippen LogP contribution >= 0.6 is 15.9 Å². The van der Waals surface area contributed by atoms with Gasteiger partial charge in [0.15, 0.2) is 0 Å². The number of aromatic nitrogens is 1. The van der Waals surface area contributed by atoms with E-state index in [0.717, 1.165) is 36.2 Å². The van der Waals surface area contributed by atoms with E-state index in [9.17, 15) is 0 Å². The van der Waals surface area contributed by atoms with Gasteiger partial charge in [0.1, 0.15) is 0 Å². The fourth-order valence-corrected chi connectivity index (χ4v) is 2.89. The van der Waals surface area contributed by atoms with E-state index in [-0.39, 0.29) is 17.1 Å². The lowest BCUT2D eigenvalue weighted by Crippen LogP contribution is -2.47. The van der Waals surface area contributed by atoms with Gasteiger partial charge in [-0.1, -0.05) is 0 Å². The minimum Gasteiger partial charge on any atom is -0.378 e. The summed E-state index contributed by atoms with van der Waals surface area (Å²) in [5, 5.41) is 3.65. The summed E-state index contributed by atoms with van der Waals surface area (Å²) in [5.74, 6) is 0. The van der Waals surface area contributed by atoms with E-state index in [1.807, 2.05) is 6.20 Å². The molecule has 0 saturated carbocycles. The Morgan fingerprint density at radius 1 is 1.45 bits per heavy atom. The molecule has 20 heavy (non-hydrogen) atoms. The molecule has 1 N–H and O–H groups in total. The molecule has 0 radical (unpaired) electrons. The Labute approximate surface area is 130 Å². The number of halogens is 1. The molecule has 2 atom stereocenters. The molecule has 0 aliphatic carbocycles. The Hall–Kier alpha value is -0.450. The summed E-state index contributed by atoms with van der Waals surface area (Å²) in [6.45, 7) is 10.6. The topological polar surface area (TPSA) is 34.1 Å². The van der Waals surface area contributed by atoms with Gasteiger partial charge in [0, 0.05) is 40.5 Å². The minimum absolute atomic E-state index is 0.127. The van der Waals surface area contributed by atoms with Gasteiger partial charge in [-0.15, -0.1) is 0 Å². The smallest absolute Gasteiger partial charge is 0.0619 e. The molecule has 1 aliphatic rings. The molecular weight excluding hydrogens is 316 g/mol. The largest absolute Gasteiger partial charge is 0.378 e. The Bertz CT molecular complexity index is 441. The summed E-state index contributed by atoms with van der Waals surface area (Å²) in [7, 11) is 0. The number of nitrogens with zero attached hydrogens (tertiary/aromatic N) is 1. The highest BCUT2D eigenvalue weighted by Crippen LogP contribution is 2.38. The zero-order valence-electron chi connectivity index (χ0n) is 12.9. The maximum absolute atomic E-state index is 5.85. The number of pyridine rings is 1. The van der Waals surface area contributed by atoms with Crippen molar-refractivity contribution in [3.05, 3.63) is 28.5 Å². The summed E-state index contributed by atoms with van der Waals surface area (Å²) in [6, 6.07) is 4.17. The van der Waals surface area contributed by atoms with Gasteiger partial charge < -0.3 is 10.1 Å². The van der Waals surface area contributed by atoms with Gasteiger partial charge in [-0.2, -0.15) is 0 Å². The maximum atomic E-state index is 5.85. The molecule has 1 aromatic heterocycles. The average Bonchev–Trinajstić information content (AvgIpc) is 2.71. The zero-order valence-corrected chi connectivity index (χ0v) is 14.5. The van der Waals surface area contributed by atoms with Crippen LogP contribution in [0.3, 0.4) is 0 Å². The minimum atomic E-state index is 0.127. The summed E-state index contributed by atoms with van der Waals surface area (Å²) in [5.41, 5.74) is 1.41. The van der Waals surface area contributed by atoms with Gasteiger partial charge >= 0.3 is 0 Å². The molecule has 1 fully saturated rings. The first-order valence-corrected chi connectivity index (χ1v) is 8.07. The molecule has 4 heteroatoms. The van der Waals surface area contributed by atoms with Crippen LogP contribution in [-0.4, -0.2) is 29.8 Å². The highest BCUT2D eigenvalue weighted by molar-refractivity contribution is 9.10. The third kappa shape index (κ3) is 4.03. The molecule has 112 valence electrons. The van der Waals surface area contributed by atoms with E-state index >= 15 is 0 Å². The first kappa shape index (κ1) is 15.9. The molecule has 2 unspecified atom stereocenters. The van der Waals surface area contributed by atoms with Crippen LogP contribution in [0.4, 0.5) is 0 Å². The Kier molecular flexibility index (Phi) is 4.88. The fourth-order valence-electron chi connectivity index (χ4n) is 2.66. The number of hydrogen-bond donors (Lipinski definition) is 1. The first-order valence-electron chi connectivity index (χ1n) is 7.28. The standard InChI is InChI=1S/C16H25BrN2O/c1-12-16(7-8-20-12,11-19-15(2,3)4)9-14-6-5-13(17)10-18-14/h5-6,10,12,19H,7-9,11H2,1-4H3. The van der Waals surface area contributed by atoms with Gasteiger partial charge in [-0.25, -0.2) is 0 Å². The van der Waals surface area contributed by atoms with Crippen molar-refractivity contribution in [3.8, 4) is 0 Å². The number of nitrogens with one attached hydrogen (secondary N) is 1. The predicted molar refractivity (Wildman–Crippen MR) is 85.9 cm³/mol. The van der Waals surface area contributed by atoms with Crippen molar-refractivity contribution in [1.29, 1.82) is 0 Å². The molecule has 0 spiro atoms. The van der Waals surface area contributed by atoms with E-state index in [0.29, 0.717) is 0 Å². The van der Waals surface area contributed by atoms with E-state index in [1.54, 1.807) is 0 Å². The Balaban J connectivity index is 2.13. The zero-order chi connectivity index (χ0) is 14.8. The molecule has 0 aromatic carbocycles. The van der Waals surface area contributed by atoms with Crippen LogP contribution in [0.1, 0.15) is 39.8 Å². The van der Waals surface area contributed by atoms with Crippen molar-refractivity contribution in [2.45, 2.75) is 52.2 Å². The second-order valence-corrected chi connectivity index (χ2v) is 7.79. The lowest BCUT2D eigenvalue weighted by molar-refractivity contribution is 0.0593. The van der Waals surface area contributed by atoms with Crippen molar-refractivity contribution in [1.82, 2.24) is 10.3 Å². The molecule has 0 amide bonds. The third-order valence-corrected chi connectivity index (χ3v) is 4.59. The van der Waals surface area contributed by atoms with Crippen LogP contribution in [0.25, 0.3) is 0 Å². The highest BCUT2D eigenvalue weighted by Gasteiger charge is 2.42. The first-order chi connectivity index (χ1) is 9.31. The van der Waals surface area contributed by atoms with Crippen LogP contribution < -0.4 is 5.32 Å². The van der Waals surface area contributed by atoms with Crippen LogP contribution in [0.15, 0.2) is 22.8 Å². The van der Waals surface area contributed by atoms with Crippen LogP contribution in [-0.2, 0) is 11.2 Å². The lowest BCUT2D eigenvalue weighted by Gasteiger charge is -2.35. The van der Waals surface area contributed by atoms with Gasteiger partial charge in [0.25, 0.3) is 0 Å². The molecular formula is C16H25BrN2O.